The Kier molecular flexibility index (Phi) is 6.78. The van der Waals surface area contributed by atoms with Crippen molar-refractivity contribution in [3.05, 3.63) is 177 Å². The minimum atomic E-state index is -0.154. The van der Waals surface area contributed by atoms with Gasteiger partial charge >= 0.3 is 0 Å². The molecule has 50 heavy (non-hydrogen) atoms. The molecule has 0 aliphatic heterocycles. The molecule has 0 spiro atoms. The van der Waals surface area contributed by atoms with Crippen LogP contribution >= 0.6 is 0 Å². The molecule has 2 heteroatoms. The maximum absolute atomic E-state index is 2.60. The molecule has 6 aromatic rings. The van der Waals surface area contributed by atoms with Crippen LogP contribution in [0, 0.1) is 27.7 Å². The molecule has 3 aliphatic rings. The van der Waals surface area contributed by atoms with Crippen LogP contribution in [0.15, 0.2) is 121 Å². The molecular formula is C48H46N2. The monoisotopic (exact) mass is 650 g/mol. The third-order valence-electron chi connectivity index (χ3n) is 12.1. The first-order valence-corrected chi connectivity index (χ1v) is 18.3. The molecule has 0 bridgehead atoms. The number of rotatable bonds is 7. The predicted molar refractivity (Wildman–Crippen MR) is 211 cm³/mol. The molecule has 0 heterocycles. The number of aryl methyl sites for hydroxylation is 4. The second-order valence-electron chi connectivity index (χ2n) is 15.6. The SMILES string of the molecule is CCC1(N(c2ccc(C)cc2)c2ccc(C)cc2)c2cc3c(cc21)C(C)(C)c1cc2c(cc1-3)CC2N(c1ccc(C)cc1)c1ccc(C)cc1. The van der Waals surface area contributed by atoms with Crippen LogP contribution in [0.2, 0.25) is 0 Å². The van der Waals surface area contributed by atoms with Crippen molar-refractivity contribution >= 4 is 22.7 Å². The molecule has 2 nitrogen and oxygen atoms in total. The topological polar surface area (TPSA) is 6.48 Å². The highest BCUT2D eigenvalue weighted by atomic mass is 15.2. The zero-order chi connectivity index (χ0) is 34.5. The first-order valence-electron chi connectivity index (χ1n) is 18.3. The van der Waals surface area contributed by atoms with Crippen molar-refractivity contribution < 1.29 is 0 Å². The molecule has 3 aliphatic carbocycles. The van der Waals surface area contributed by atoms with E-state index in [4.69, 9.17) is 0 Å². The van der Waals surface area contributed by atoms with E-state index in [9.17, 15) is 0 Å². The average Bonchev–Trinajstić information content (AvgIpc) is 3.69. The normalized spacial score (nSPS) is 18.7. The van der Waals surface area contributed by atoms with Gasteiger partial charge in [0.25, 0.3) is 0 Å². The fourth-order valence-corrected chi connectivity index (χ4v) is 9.06. The van der Waals surface area contributed by atoms with Crippen molar-refractivity contribution in [3.8, 4) is 11.1 Å². The van der Waals surface area contributed by atoms with Crippen LogP contribution in [-0.4, -0.2) is 0 Å². The van der Waals surface area contributed by atoms with Gasteiger partial charge in [0.2, 0.25) is 0 Å². The minimum Gasteiger partial charge on any atom is -0.334 e. The van der Waals surface area contributed by atoms with Gasteiger partial charge in [0.15, 0.2) is 0 Å². The number of hydrogen-bond acceptors (Lipinski definition) is 2. The second kappa shape index (κ2) is 11.0. The Bertz CT molecular complexity index is 2180. The van der Waals surface area contributed by atoms with Gasteiger partial charge in [-0.3, -0.25) is 0 Å². The van der Waals surface area contributed by atoms with Gasteiger partial charge in [-0.2, -0.15) is 0 Å². The Balaban J connectivity index is 1.13. The average molecular weight is 651 g/mol. The molecule has 248 valence electrons. The van der Waals surface area contributed by atoms with Crippen LogP contribution in [0.5, 0.6) is 0 Å². The summed E-state index contributed by atoms with van der Waals surface area (Å²) in [6, 6.07) is 46.8. The summed E-state index contributed by atoms with van der Waals surface area (Å²) in [6.45, 7) is 15.9. The standard InChI is InChI=1S/C48H46N2/c1-8-48(50(37-21-13-32(4)14-22-37)38-23-15-33(5)16-24-38)44-28-41-40-25-34-26-46(39(34)27-42(40)47(6,7)43(41)29-45(44)48)49(35-17-9-30(2)10-18-35)36-19-11-31(3)12-20-36/h9-25,27-29,46H,8,26H2,1-7H3. The van der Waals surface area contributed by atoms with E-state index in [1.54, 1.807) is 0 Å². The third kappa shape index (κ3) is 4.47. The Morgan fingerprint density at radius 3 is 1.42 bits per heavy atom. The molecule has 9 rings (SSSR count). The first-order chi connectivity index (χ1) is 24.1. The summed E-state index contributed by atoms with van der Waals surface area (Å²) in [5.41, 5.74) is 21.6. The van der Waals surface area contributed by atoms with Crippen molar-refractivity contribution in [2.75, 3.05) is 9.80 Å². The largest absolute Gasteiger partial charge is 0.334 e. The number of fused-ring (bicyclic) bond motifs is 5. The maximum Gasteiger partial charge on any atom is 0.0960 e. The van der Waals surface area contributed by atoms with Gasteiger partial charge in [0.05, 0.1) is 11.6 Å². The van der Waals surface area contributed by atoms with Gasteiger partial charge < -0.3 is 9.80 Å². The minimum absolute atomic E-state index is 0.0893. The number of hydrogen-bond donors (Lipinski definition) is 0. The van der Waals surface area contributed by atoms with Gasteiger partial charge in [-0.25, -0.2) is 0 Å². The summed E-state index contributed by atoms with van der Waals surface area (Å²) >= 11 is 0. The molecule has 6 aromatic carbocycles. The van der Waals surface area contributed by atoms with Gasteiger partial charge in [0, 0.05) is 28.2 Å². The molecule has 0 amide bonds. The van der Waals surface area contributed by atoms with Crippen molar-refractivity contribution in [3.63, 3.8) is 0 Å². The quantitative estimate of drug-likeness (QED) is 0.170. The van der Waals surface area contributed by atoms with Crippen molar-refractivity contribution in [1.29, 1.82) is 0 Å². The highest BCUT2D eigenvalue weighted by Gasteiger charge is 2.56. The smallest absolute Gasteiger partial charge is 0.0960 e. The van der Waals surface area contributed by atoms with Crippen LogP contribution in [0.25, 0.3) is 11.1 Å². The van der Waals surface area contributed by atoms with E-state index in [0.717, 1.165) is 12.8 Å². The summed E-state index contributed by atoms with van der Waals surface area (Å²) in [5.74, 6) is 0. The molecule has 0 saturated carbocycles. The molecular weight excluding hydrogens is 605 g/mol. The van der Waals surface area contributed by atoms with Crippen molar-refractivity contribution in [1.82, 2.24) is 0 Å². The molecule has 0 saturated heterocycles. The van der Waals surface area contributed by atoms with Crippen LogP contribution < -0.4 is 9.80 Å². The van der Waals surface area contributed by atoms with Gasteiger partial charge in [-0.05, 0) is 140 Å². The van der Waals surface area contributed by atoms with E-state index < -0.39 is 0 Å². The summed E-state index contributed by atoms with van der Waals surface area (Å²) in [7, 11) is 0. The van der Waals surface area contributed by atoms with Crippen molar-refractivity contribution in [2.45, 2.75) is 78.3 Å². The lowest BCUT2D eigenvalue weighted by Gasteiger charge is -2.42. The lowest BCUT2D eigenvalue weighted by Crippen LogP contribution is -2.33. The molecule has 0 radical (unpaired) electrons. The van der Waals surface area contributed by atoms with E-state index in [-0.39, 0.29) is 11.0 Å². The van der Waals surface area contributed by atoms with Crippen LogP contribution in [0.4, 0.5) is 22.7 Å². The fraction of sp³-hybridized carbons (Fsp3) is 0.250. The first kappa shape index (κ1) is 30.9. The summed E-state index contributed by atoms with van der Waals surface area (Å²) in [5, 5.41) is 0. The summed E-state index contributed by atoms with van der Waals surface area (Å²) in [4.78, 5) is 5.16. The van der Waals surface area contributed by atoms with E-state index in [0.29, 0.717) is 6.04 Å². The molecule has 2 unspecified atom stereocenters. The van der Waals surface area contributed by atoms with E-state index in [1.165, 1.54) is 89.5 Å². The predicted octanol–water partition coefficient (Wildman–Crippen LogP) is 12.5. The van der Waals surface area contributed by atoms with Crippen LogP contribution in [0.3, 0.4) is 0 Å². The van der Waals surface area contributed by atoms with E-state index in [1.807, 2.05) is 0 Å². The molecule has 2 atom stereocenters. The van der Waals surface area contributed by atoms with Gasteiger partial charge in [-0.15, -0.1) is 0 Å². The number of anilines is 4. The molecule has 0 fully saturated rings. The lowest BCUT2D eigenvalue weighted by atomic mass is 9.75. The van der Waals surface area contributed by atoms with Crippen LogP contribution in [0.1, 0.15) is 88.9 Å². The van der Waals surface area contributed by atoms with Gasteiger partial charge in [-0.1, -0.05) is 110 Å². The van der Waals surface area contributed by atoms with Crippen LogP contribution in [-0.2, 0) is 17.4 Å². The third-order valence-corrected chi connectivity index (χ3v) is 12.1. The zero-order valence-corrected chi connectivity index (χ0v) is 30.4. The zero-order valence-electron chi connectivity index (χ0n) is 30.4. The molecule has 0 N–H and O–H groups in total. The van der Waals surface area contributed by atoms with Gasteiger partial charge in [0.1, 0.15) is 0 Å². The number of benzene rings is 6. The summed E-state index contributed by atoms with van der Waals surface area (Å²) < 4.78 is 0. The fourth-order valence-electron chi connectivity index (χ4n) is 9.06. The highest BCUT2D eigenvalue weighted by molar-refractivity contribution is 5.88. The molecule has 0 aromatic heterocycles. The Hall–Kier alpha value is -5.08. The summed E-state index contributed by atoms with van der Waals surface area (Å²) in [6.07, 6.45) is 2.05. The van der Waals surface area contributed by atoms with E-state index in [2.05, 4.69) is 180 Å². The number of nitrogens with zero attached hydrogens (tertiary/aromatic N) is 2. The highest BCUT2D eigenvalue weighted by Crippen LogP contribution is 2.63. The Morgan fingerprint density at radius 1 is 0.520 bits per heavy atom. The maximum atomic E-state index is 2.60. The van der Waals surface area contributed by atoms with Crippen molar-refractivity contribution in [2.24, 2.45) is 0 Å². The lowest BCUT2D eigenvalue weighted by molar-refractivity contribution is 0.602. The Morgan fingerprint density at radius 2 is 0.940 bits per heavy atom. The second-order valence-corrected chi connectivity index (χ2v) is 15.6. The Labute approximate surface area is 298 Å². The van der Waals surface area contributed by atoms with E-state index >= 15 is 0 Å².